The number of amides is 1. The van der Waals surface area contributed by atoms with Gasteiger partial charge in [-0.15, -0.1) is 0 Å². The zero-order valence-electron chi connectivity index (χ0n) is 10.7. The van der Waals surface area contributed by atoms with E-state index in [1.807, 2.05) is 0 Å². The largest absolute Gasteiger partial charge is 0.359 e. The molecule has 0 heterocycles. The van der Waals surface area contributed by atoms with Crippen molar-refractivity contribution in [3.05, 3.63) is 0 Å². The van der Waals surface area contributed by atoms with E-state index in [0.29, 0.717) is 0 Å². The lowest BCUT2D eigenvalue weighted by molar-refractivity contribution is -0.121. The molecule has 0 aromatic heterocycles. The maximum Gasteiger partial charge on any atom is 0.220 e. The van der Waals surface area contributed by atoms with Crippen LogP contribution in [0.3, 0.4) is 0 Å². The Morgan fingerprint density at radius 3 is 1.93 bits per heavy atom. The van der Waals surface area contributed by atoms with Crippen molar-refractivity contribution in [2.45, 2.75) is 52.4 Å². The van der Waals surface area contributed by atoms with E-state index in [2.05, 4.69) is 45.7 Å². The van der Waals surface area contributed by atoms with E-state index < -0.39 is 8.07 Å². The van der Waals surface area contributed by atoms with Gasteiger partial charge in [-0.25, -0.2) is 0 Å². The van der Waals surface area contributed by atoms with Crippen molar-refractivity contribution in [3.8, 4) is 0 Å². The third-order valence-corrected chi connectivity index (χ3v) is 4.98. The van der Waals surface area contributed by atoms with Crippen LogP contribution in [0.2, 0.25) is 25.2 Å². The topological polar surface area (TPSA) is 29.1 Å². The predicted octanol–water partition coefficient (Wildman–Crippen LogP) is 2.88. The van der Waals surface area contributed by atoms with Crippen LogP contribution in [-0.2, 0) is 4.79 Å². The van der Waals surface area contributed by atoms with Gasteiger partial charge in [0, 0.05) is 12.6 Å². The molecule has 14 heavy (non-hydrogen) atoms. The van der Waals surface area contributed by atoms with Crippen LogP contribution >= 0.6 is 0 Å². The van der Waals surface area contributed by atoms with Crippen molar-refractivity contribution >= 4 is 14.0 Å². The summed E-state index contributed by atoms with van der Waals surface area (Å²) in [6.45, 7) is 13.4. The fraction of sp³-hybridized carbons (Fsp3) is 0.909. The maximum atomic E-state index is 11.8. The highest BCUT2D eigenvalue weighted by Gasteiger charge is 2.35. The molecule has 0 saturated carbocycles. The maximum absolute atomic E-state index is 11.8. The lowest BCUT2D eigenvalue weighted by atomic mass is 9.90. The van der Waals surface area contributed by atoms with Crippen LogP contribution in [0.4, 0.5) is 0 Å². The van der Waals surface area contributed by atoms with E-state index in [-0.39, 0.29) is 16.9 Å². The lowest BCUT2D eigenvalue weighted by Gasteiger charge is -2.32. The number of nitrogens with one attached hydrogen (secondary N) is 1. The zero-order chi connectivity index (χ0) is 11.6. The van der Waals surface area contributed by atoms with E-state index in [1.165, 1.54) is 0 Å². The monoisotopic (exact) mass is 215 g/mol. The molecule has 0 aliphatic heterocycles. The van der Waals surface area contributed by atoms with Crippen molar-refractivity contribution in [1.29, 1.82) is 0 Å². The van der Waals surface area contributed by atoms with Crippen LogP contribution in [0, 0.1) is 5.41 Å². The summed E-state index contributed by atoms with van der Waals surface area (Å²) >= 11 is 0. The van der Waals surface area contributed by atoms with Crippen LogP contribution in [-0.4, -0.2) is 21.0 Å². The Balaban J connectivity index is 4.67. The van der Waals surface area contributed by atoms with Crippen molar-refractivity contribution in [3.63, 3.8) is 0 Å². The second-order valence-corrected chi connectivity index (χ2v) is 11.7. The first-order valence-electron chi connectivity index (χ1n) is 5.29. The molecule has 84 valence electrons. The highest BCUT2D eigenvalue weighted by atomic mass is 28.3. The molecule has 0 rings (SSSR count). The van der Waals surface area contributed by atoms with Gasteiger partial charge in [-0.1, -0.05) is 40.4 Å². The van der Waals surface area contributed by atoms with Crippen LogP contribution in [0.1, 0.15) is 27.2 Å². The van der Waals surface area contributed by atoms with Crippen LogP contribution < -0.4 is 5.32 Å². The van der Waals surface area contributed by atoms with Gasteiger partial charge in [0.2, 0.25) is 5.91 Å². The fourth-order valence-electron chi connectivity index (χ4n) is 1.58. The first kappa shape index (κ1) is 13.7. The minimum atomic E-state index is -1.39. The Morgan fingerprint density at radius 1 is 1.29 bits per heavy atom. The summed E-state index contributed by atoms with van der Waals surface area (Å²) in [4.78, 5) is 11.8. The number of carbonyl (C=O) groups excluding carboxylic acids is 1. The van der Waals surface area contributed by atoms with Crippen LogP contribution in [0.5, 0.6) is 0 Å². The first-order chi connectivity index (χ1) is 6.08. The molecular weight excluding hydrogens is 190 g/mol. The molecule has 1 unspecified atom stereocenters. The Kier molecular flexibility index (Phi) is 4.37. The third kappa shape index (κ3) is 4.79. The predicted molar refractivity (Wildman–Crippen MR) is 65.2 cm³/mol. The van der Waals surface area contributed by atoms with Crippen molar-refractivity contribution < 1.29 is 4.79 Å². The van der Waals surface area contributed by atoms with Crippen molar-refractivity contribution in [2.75, 3.05) is 7.05 Å². The highest BCUT2D eigenvalue weighted by Crippen LogP contribution is 2.34. The molecule has 1 atom stereocenters. The molecule has 0 aromatic rings. The number of hydrogen-bond donors (Lipinski definition) is 1. The average molecular weight is 215 g/mol. The molecule has 0 aliphatic rings. The molecule has 0 saturated heterocycles. The van der Waals surface area contributed by atoms with E-state index in [4.69, 9.17) is 0 Å². The third-order valence-electron chi connectivity index (χ3n) is 2.42. The SMILES string of the molecule is CNC(=O)C(CC(C)(C)C)[Si](C)(C)C. The molecule has 0 spiro atoms. The Hall–Kier alpha value is -0.313. The Morgan fingerprint density at radius 2 is 1.71 bits per heavy atom. The van der Waals surface area contributed by atoms with Gasteiger partial charge >= 0.3 is 0 Å². The molecule has 2 nitrogen and oxygen atoms in total. The van der Waals surface area contributed by atoms with Gasteiger partial charge in [-0.05, 0) is 11.8 Å². The molecule has 0 aromatic carbocycles. The fourth-order valence-corrected chi connectivity index (χ4v) is 3.73. The molecule has 3 heteroatoms. The summed E-state index contributed by atoms with van der Waals surface area (Å²) in [5.41, 5.74) is 0.463. The second-order valence-electron chi connectivity index (χ2n) is 6.30. The standard InChI is InChI=1S/C11H25NOSi/c1-11(2,3)8-9(10(13)12-4)14(5,6)7/h9H,8H2,1-7H3,(H,12,13). The van der Waals surface area contributed by atoms with Crippen LogP contribution in [0.15, 0.2) is 0 Å². The van der Waals surface area contributed by atoms with Crippen LogP contribution in [0.25, 0.3) is 0 Å². The smallest absolute Gasteiger partial charge is 0.220 e. The van der Waals surface area contributed by atoms with Gasteiger partial charge in [0.05, 0.1) is 8.07 Å². The quantitative estimate of drug-likeness (QED) is 0.721. The minimum Gasteiger partial charge on any atom is -0.359 e. The minimum absolute atomic E-state index is 0.221. The second kappa shape index (κ2) is 4.47. The highest BCUT2D eigenvalue weighted by molar-refractivity contribution is 6.80. The molecular formula is C11H25NOSi. The van der Waals surface area contributed by atoms with Gasteiger partial charge in [-0.2, -0.15) is 0 Å². The molecule has 1 amide bonds. The van der Waals surface area contributed by atoms with E-state index in [9.17, 15) is 4.79 Å². The van der Waals surface area contributed by atoms with Gasteiger partial charge in [0.15, 0.2) is 0 Å². The average Bonchev–Trinajstić information content (AvgIpc) is 1.95. The molecule has 0 fully saturated rings. The Labute approximate surface area is 89.5 Å². The molecule has 0 aliphatic carbocycles. The Bertz CT molecular complexity index is 200. The van der Waals surface area contributed by atoms with Gasteiger partial charge in [0.1, 0.15) is 0 Å². The summed E-state index contributed by atoms with van der Waals surface area (Å²) in [7, 11) is 0.342. The summed E-state index contributed by atoms with van der Waals surface area (Å²) in [6.07, 6.45) is 0.988. The van der Waals surface area contributed by atoms with Crippen molar-refractivity contribution in [2.24, 2.45) is 5.41 Å². The van der Waals surface area contributed by atoms with E-state index >= 15 is 0 Å². The first-order valence-corrected chi connectivity index (χ1v) is 8.87. The molecule has 0 bridgehead atoms. The van der Waals surface area contributed by atoms with Gasteiger partial charge < -0.3 is 5.32 Å². The number of carbonyl (C=O) groups is 1. The summed E-state index contributed by atoms with van der Waals surface area (Å²) in [5.74, 6) is 0.221. The molecule has 0 radical (unpaired) electrons. The zero-order valence-corrected chi connectivity index (χ0v) is 11.7. The normalized spacial score (nSPS) is 15.1. The van der Waals surface area contributed by atoms with Crippen molar-refractivity contribution in [1.82, 2.24) is 5.32 Å². The summed E-state index contributed by atoms with van der Waals surface area (Å²) in [6, 6.07) is 0. The van der Waals surface area contributed by atoms with Gasteiger partial charge in [0.25, 0.3) is 0 Å². The molecule has 1 N–H and O–H groups in total. The van der Waals surface area contributed by atoms with E-state index in [1.54, 1.807) is 7.05 Å². The lowest BCUT2D eigenvalue weighted by Crippen LogP contribution is -2.40. The van der Waals surface area contributed by atoms with E-state index in [0.717, 1.165) is 6.42 Å². The summed E-state index contributed by atoms with van der Waals surface area (Å²) < 4.78 is 0. The summed E-state index contributed by atoms with van der Waals surface area (Å²) in [5, 5.41) is 2.79. The number of rotatable bonds is 3. The van der Waals surface area contributed by atoms with Gasteiger partial charge in [-0.3, -0.25) is 4.79 Å². The number of hydrogen-bond acceptors (Lipinski definition) is 1.